The van der Waals surface area contributed by atoms with E-state index in [0.717, 1.165) is 4.90 Å². The maximum absolute atomic E-state index is 11.9. The molecule has 0 saturated carbocycles. The van der Waals surface area contributed by atoms with Crippen LogP contribution < -0.4 is 5.32 Å². The van der Waals surface area contributed by atoms with Gasteiger partial charge in [0.25, 0.3) is 5.91 Å². The van der Waals surface area contributed by atoms with Crippen LogP contribution >= 0.6 is 11.8 Å². The van der Waals surface area contributed by atoms with Gasteiger partial charge in [0.15, 0.2) is 6.10 Å². The van der Waals surface area contributed by atoms with E-state index in [1.807, 2.05) is 25.3 Å². The molecule has 1 N–H and O–H groups in total. The number of carbonyl (C=O) groups is 2. The standard InChI is InChI=1S/C13H17NO3S/c1-4-14-12(15)9(2)17-13(16)10-7-5-6-8-11(10)18-3/h5-9H,4H2,1-3H3,(H,14,15)/t9-/m0/s1. The second-order valence-corrected chi connectivity index (χ2v) is 4.49. The number of thioether (sulfide) groups is 1. The van der Waals surface area contributed by atoms with Gasteiger partial charge < -0.3 is 10.1 Å². The Kier molecular flexibility index (Phi) is 5.71. The zero-order valence-corrected chi connectivity index (χ0v) is 11.5. The summed E-state index contributed by atoms with van der Waals surface area (Å²) in [5.41, 5.74) is 0.487. The molecule has 1 aromatic carbocycles. The van der Waals surface area contributed by atoms with Crippen molar-refractivity contribution in [3.8, 4) is 0 Å². The van der Waals surface area contributed by atoms with Crippen molar-refractivity contribution in [1.82, 2.24) is 5.32 Å². The van der Waals surface area contributed by atoms with Crippen molar-refractivity contribution in [2.24, 2.45) is 0 Å². The lowest BCUT2D eigenvalue weighted by Crippen LogP contribution is -2.35. The van der Waals surface area contributed by atoms with Crippen molar-refractivity contribution in [3.63, 3.8) is 0 Å². The van der Waals surface area contributed by atoms with Crippen LogP contribution in [0.4, 0.5) is 0 Å². The molecule has 0 fully saturated rings. The lowest BCUT2D eigenvalue weighted by molar-refractivity contribution is -0.128. The molecule has 0 radical (unpaired) electrons. The third-order valence-electron chi connectivity index (χ3n) is 2.33. The average molecular weight is 267 g/mol. The van der Waals surface area contributed by atoms with E-state index in [1.54, 1.807) is 19.1 Å². The zero-order valence-electron chi connectivity index (χ0n) is 10.7. The van der Waals surface area contributed by atoms with Crippen molar-refractivity contribution < 1.29 is 14.3 Å². The molecule has 0 bridgehead atoms. The van der Waals surface area contributed by atoms with Gasteiger partial charge in [0.05, 0.1) is 5.56 Å². The highest BCUT2D eigenvalue weighted by Gasteiger charge is 2.19. The summed E-state index contributed by atoms with van der Waals surface area (Å²) in [6.07, 6.45) is 1.10. The lowest BCUT2D eigenvalue weighted by atomic mass is 10.2. The van der Waals surface area contributed by atoms with Crippen LogP contribution in [0.5, 0.6) is 0 Å². The van der Waals surface area contributed by atoms with E-state index in [2.05, 4.69) is 5.32 Å². The van der Waals surface area contributed by atoms with E-state index in [4.69, 9.17) is 4.74 Å². The minimum absolute atomic E-state index is 0.285. The average Bonchev–Trinajstić information content (AvgIpc) is 2.38. The molecule has 0 saturated heterocycles. The molecule has 0 aromatic heterocycles. The summed E-state index contributed by atoms with van der Waals surface area (Å²) in [4.78, 5) is 24.2. The molecule has 0 spiro atoms. The van der Waals surface area contributed by atoms with Gasteiger partial charge in [-0.05, 0) is 32.2 Å². The SMILES string of the molecule is CCNC(=O)[C@H](C)OC(=O)c1ccccc1SC. The van der Waals surface area contributed by atoms with E-state index < -0.39 is 12.1 Å². The Balaban J connectivity index is 2.73. The molecule has 0 aliphatic heterocycles. The van der Waals surface area contributed by atoms with Crippen molar-refractivity contribution in [2.75, 3.05) is 12.8 Å². The highest BCUT2D eigenvalue weighted by molar-refractivity contribution is 7.98. The Morgan fingerprint density at radius 1 is 1.39 bits per heavy atom. The Bertz CT molecular complexity index is 434. The third-order valence-corrected chi connectivity index (χ3v) is 3.13. The number of carbonyl (C=O) groups excluding carboxylic acids is 2. The normalized spacial score (nSPS) is 11.7. The monoisotopic (exact) mass is 267 g/mol. The van der Waals surface area contributed by atoms with E-state index in [0.29, 0.717) is 12.1 Å². The van der Waals surface area contributed by atoms with Gasteiger partial charge in [-0.25, -0.2) is 4.79 Å². The molecule has 1 rings (SSSR count). The molecular formula is C13H17NO3S. The minimum Gasteiger partial charge on any atom is -0.449 e. The number of hydrogen-bond acceptors (Lipinski definition) is 4. The number of hydrogen-bond donors (Lipinski definition) is 1. The van der Waals surface area contributed by atoms with Crippen LogP contribution in [0, 0.1) is 0 Å². The van der Waals surface area contributed by atoms with Crippen molar-refractivity contribution >= 4 is 23.6 Å². The number of benzene rings is 1. The summed E-state index contributed by atoms with van der Waals surface area (Å²) in [5, 5.41) is 2.61. The maximum atomic E-state index is 11.9. The van der Waals surface area contributed by atoms with Crippen LogP contribution in [0.3, 0.4) is 0 Å². The van der Waals surface area contributed by atoms with E-state index >= 15 is 0 Å². The fraction of sp³-hybridized carbons (Fsp3) is 0.385. The summed E-state index contributed by atoms with van der Waals surface area (Å²) < 4.78 is 5.13. The van der Waals surface area contributed by atoms with Gasteiger partial charge in [-0.1, -0.05) is 12.1 Å². The fourth-order valence-electron chi connectivity index (χ4n) is 1.41. The first-order chi connectivity index (χ1) is 8.60. The summed E-state index contributed by atoms with van der Waals surface area (Å²) in [6.45, 7) is 3.89. The summed E-state index contributed by atoms with van der Waals surface area (Å²) in [7, 11) is 0. The van der Waals surface area contributed by atoms with Crippen LogP contribution in [0.2, 0.25) is 0 Å². The lowest BCUT2D eigenvalue weighted by Gasteiger charge is -2.13. The number of nitrogens with one attached hydrogen (secondary N) is 1. The molecule has 1 amide bonds. The quantitative estimate of drug-likeness (QED) is 0.655. The molecule has 0 aliphatic carbocycles. The van der Waals surface area contributed by atoms with E-state index in [1.165, 1.54) is 11.8 Å². The molecule has 98 valence electrons. The van der Waals surface area contributed by atoms with Gasteiger partial charge in [0.1, 0.15) is 0 Å². The van der Waals surface area contributed by atoms with Crippen LogP contribution in [0.15, 0.2) is 29.2 Å². The van der Waals surface area contributed by atoms with Gasteiger partial charge in [-0.15, -0.1) is 11.8 Å². The number of esters is 1. The van der Waals surface area contributed by atoms with Gasteiger partial charge in [0.2, 0.25) is 0 Å². The summed E-state index contributed by atoms with van der Waals surface area (Å²) in [5.74, 6) is -0.758. The van der Waals surface area contributed by atoms with Crippen molar-refractivity contribution in [1.29, 1.82) is 0 Å². The molecule has 0 heterocycles. The molecule has 4 nitrogen and oxygen atoms in total. The van der Waals surface area contributed by atoms with E-state index in [9.17, 15) is 9.59 Å². The molecule has 5 heteroatoms. The highest BCUT2D eigenvalue weighted by Crippen LogP contribution is 2.20. The van der Waals surface area contributed by atoms with Gasteiger partial charge in [-0.3, -0.25) is 4.79 Å². The Morgan fingerprint density at radius 2 is 2.06 bits per heavy atom. The Morgan fingerprint density at radius 3 is 2.67 bits per heavy atom. The predicted octanol–water partition coefficient (Wildman–Crippen LogP) is 2.09. The smallest absolute Gasteiger partial charge is 0.340 e. The number of amides is 1. The fourth-order valence-corrected chi connectivity index (χ4v) is 1.99. The van der Waals surface area contributed by atoms with Gasteiger partial charge in [0, 0.05) is 11.4 Å². The second kappa shape index (κ2) is 7.06. The largest absolute Gasteiger partial charge is 0.449 e. The molecular weight excluding hydrogens is 250 g/mol. The highest BCUT2D eigenvalue weighted by atomic mass is 32.2. The first kappa shape index (κ1) is 14.6. The first-order valence-electron chi connectivity index (χ1n) is 5.71. The number of likely N-dealkylation sites (N-methyl/N-ethyl adjacent to an activating group) is 1. The van der Waals surface area contributed by atoms with E-state index in [-0.39, 0.29) is 5.91 Å². The zero-order chi connectivity index (χ0) is 13.5. The Labute approximate surface area is 111 Å². The topological polar surface area (TPSA) is 55.4 Å². The van der Waals surface area contributed by atoms with Crippen molar-refractivity contribution in [2.45, 2.75) is 24.8 Å². The number of rotatable bonds is 5. The third kappa shape index (κ3) is 3.77. The van der Waals surface area contributed by atoms with Gasteiger partial charge >= 0.3 is 5.97 Å². The van der Waals surface area contributed by atoms with Crippen LogP contribution in [-0.2, 0) is 9.53 Å². The Hall–Kier alpha value is -1.49. The van der Waals surface area contributed by atoms with Crippen LogP contribution in [0.1, 0.15) is 24.2 Å². The molecule has 18 heavy (non-hydrogen) atoms. The molecule has 1 aromatic rings. The summed E-state index contributed by atoms with van der Waals surface area (Å²) in [6, 6.07) is 7.17. The summed E-state index contributed by atoms with van der Waals surface area (Å²) >= 11 is 1.47. The van der Waals surface area contributed by atoms with Gasteiger partial charge in [-0.2, -0.15) is 0 Å². The predicted molar refractivity (Wildman–Crippen MR) is 71.8 cm³/mol. The molecule has 0 aliphatic rings. The molecule has 1 atom stereocenters. The minimum atomic E-state index is -0.785. The molecule has 0 unspecified atom stereocenters. The van der Waals surface area contributed by atoms with Crippen LogP contribution in [-0.4, -0.2) is 30.8 Å². The van der Waals surface area contributed by atoms with Crippen LogP contribution in [0.25, 0.3) is 0 Å². The first-order valence-corrected chi connectivity index (χ1v) is 6.94. The maximum Gasteiger partial charge on any atom is 0.340 e. The number of ether oxygens (including phenoxy) is 1. The van der Waals surface area contributed by atoms with Crippen molar-refractivity contribution in [3.05, 3.63) is 29.8 Å². The second-order valence-electron chi connectivity index (χ2n) is 3.64.